The molecule has 0 bridgehead atoms. The van der Waals surface area contributed by atoms with E-state index in [1.165, 1.54) is 16.6 Å². The van der Waals surface area contributed by atoms with E-state index in [-0.39, 0.29) is 16.1 Å². The third kappa shape index (κ3) is 3.64. The number of amides is 1. The average molecular weight is 436 g/mol. The number of aryl methyl sites for hydroxylation is 2. The number of para-hydroxylation sites is 1. The summed E-state index contributed by atoms with van der Waals surface area (Å²) >= 11 is 0. The highest BCUT2D eigenvalue weighted by Gasteiger charge is 2.23. The van der Waals surface area contributed by atoms with Crippen molar-refractivity contribution in [1.82, 2.24) is 14.6 Å². The van der Waals surface area contributed by atoms with Crippen LogP contribution in [0.25, 0.3) is 16.8 Å². The Hall–Kier alpha value is -3.72. The van der Waals surface area contributed by atoms with Gasteiger partial charge in [0.25, 0.3) is 11.5 Å². The largest absolute Gasteiger partial charge is 0.342 e. The van der Waals surface area contributed by atoms with E-state index in [1.54, 1.807) is 26.0 Å². The second-order valence-electron chi connectivity index (χ2n) is 7.24. The van der Waals surface area contributed by atoms with E-state index in [0.29, 0.717) is 17.0 Å². The lowest BCUT2D eigenvalue weighted by Gasteiger charge is -2.11. The Labute approximate surface area is 178 Å². The lowest BCUT2D eigenvalue weighted by atomic mass is 10.1. The Morgan fingerprint density at radius 3 is 2.35 bits per heavy atom. The molecular weight excluding hydrogens is 416 g/mol. The van der Waals surface area contributed by atoms with Crippen LogP contribution in [0.3, 0.4) is 0 Å². The molecule has 0 radical (unpaired) electrons. The van der Waals surface area contributed by atoms with Gasteiger partial charge >= 0.3 is 0 Å². The molecule has 1 amide bonds. The minimum atomic E-state index is -3.57. The van der Waals surface area contributed by atoms with E-state index in [0.717, 1.165) is 17.4 Å². The van der Waals surface area contributed by atoms with Crippen molar-refractivity contribution in [1.29, 1.82) is 0 Å². The van der Waals surface area contributed by atoms with E-state index < -0.39 is 21.3 Å². The Bertz CT molecular complexity index is 1490. The van der Waals surface area contributed by atoms with Crippen molar-refractivity contribution in [3.05, 3.63) is 81.9 Å². The van der Waals surface area contributed by atoms with Gasteiger partial charge in [0.05, 0.1) is 16.3 Å². The predicted molar refractivity (Wildman–Crippen MR) is 118 cm³/mol. The number of anilines is 1. The van der Waals surface area contributed by atoms with Gasteiger partial charge in [-0.15, -0.1) is 0 Å². The summed E-state index contributed by atoms with van der Waals surface area (Å²) in [5.41, 5.74) is 2.51. The number of carbonyl (C=O) groups is 1. The van der Waals surface area contributed by atoms with Crippen molar-refractivity contribution >= 4 is 27.1 Å². The smallest absolute Gasteiger partial charge is 0.287 e. The first-order chi connectivity index (χ1) is 14.7. The zero-order valence-electron chi connectivity index (χ0n) is 17.1. The maximum atomic E-state index is 13.2. The topological polar surface area (TPSA) is 113 Å². The number of H-pyrrole nitrogens is 1. The molecule has 4 rings (SSSR count). The van der Waals surface area contributed by atoms with Crippen LogP contribution in [-0.2, 0) is 9.84 Å². The molecule has 0 saturated heterocycles. The van der Waals surface area contributed by atoms with Gasteiger partial charge in [-0.05, 0) is 31.5 Å². The molecule has 2 aromatic carbocycles. The number of hydrogen-bond donors (Lipinski definition) is 2. The highest BCUT2D eigenvalue weighted by atomic mass is 32.2. The number of aromatic amines is 1. The Balaban J connectivity index is 1.84. The molecule has 0 aliphatic carbocycles. The van der Waals surface area contributed by atoms with Crippen LogP contribution in [0.1, 0.15) is 21.7 Å². The first kappa shape index (κ1) is 20.5. The van der Waals surface area contributed by atoms with Crippen LogP contribution in [0, 0.1) is 13.8 Å². The van der Waals surface area contributed by atoms with Crippen molar-refractivity contribution in [2.45, 2.75) is 18.7 Å². The Morgan fingerprint density at radius 2 is 1.68 bits per heavy atom. The summed E-state index contributed by atoms with van der Waals surface area (Å²) in [5.74, 6) is -0.717. The number of carbonyl (C=O) groups excluding carboxylic acids is 1. The van der Waals surface area contributed by atoms with Crippen LogP contribution >= 0.6 is 0 Å². The predicted octanol–water partition coefficient (Wildman–Crippen LogP) is 2.96. The molecule has 2 N–H and O–H groups in total. The molecule has 9 heteroatoms. The molecule has 0 saturated carbocycles. The van der Waals surface area contributed by atoms with Crippen LogP contribution in [0.2, 0.25) is 0 Å². The summed E-state index contributed by atoms with van der Waals surface area (Å²) in [4.78, 5) is 29.2. The second kappa shape index (κ2) is 7.51. The van der Waals surface area contributed by atoms with E-state index in [2.05, 4.69) is 15.4 Å². The molecule has 2 heterocycles. The molecular formula is C22H20N4O4S. The van der Waals surface area contributed by atoms with E-state index in [4.69, 9.17) is 0 Å². The molecule has 8 nitrogen and oxygen atoms in total. The van der Waals surface area contributed by atoms with E-state index in [9.17, 15) is 18.0 Å². The standard InChI is InChI=1S/C22H20N4O4S/c1-13-19(21(27)24-16-11-7-8-12-17(16)31(3,29)30)22(28)26-20(23-13)18(14(2)25-26)15-9-5-4-6-10-15/h4-12,23H,1-3H3,(H,24,27). The number of aromatic nitrogens is 3. The van der Waals surface area contributed by atoms with Gasteiger partial charge in [-0.2, -0.15) is 9.61 Å². The van der Waals surface area contributed by atoms with Crippen LogP contribution in [-0.4, -0.2) is 35.2 Å². The average Bonchev–Trinajstić information content (AvgIpc) is 3.04. The summed E-state index contributed by atoms with van der Waals surface area (Å²) in [6.07, 6.45) is 1.06. The minimum absolute atomic E-state index is 0.0280. The molecule has 2 aromatic heterocycles. The first-order valence-corrected chi connectivity index (χ1v) is 11.4. The number of rotatable bonds is 4. The number of sulfone groups is 1. The third-order valence-corrected chi connectivity index (χ3v) is 6.13. The molecule has 0 aliphatic rings. The summed E-state index contributed by atoms with van der Waals surface area (Å²) < 4.78 is 25.2. The third-order valence-electron chi connectivity index (χ3n) is 4.97. The summed E-state index contributed by atoms with van der Waals surface area (Å²) in [5, 5.41) is 6.89. The van der Waals surface area contributed by atoms with Gasteiger partial charge in [0.1, 0.15) is 11.2 Å². The van der Waals surface area contributed by atoms with Gasteiger partial charge in [-0.25, -0.2) is 8.42 Å². The summed E-state index contributed by atoms with van der Waals surface area (Å²) in [6.45, 7) is 3.41. The summed E-state index contributed by atoms with van der Waals surface area (Å²) in [6, 6.07) is 15.6. The minimum Gasteiger partial charge on any atom is -0.342 e. The van der Waals surface area contributed by atoms with Gasteiger partial charge in [0.2, 0.25) is 0 Å². The van der Waals surface area contributed by atoms with Crippen LogP contribution < -0.4 is 10.9 Å². The molecule has 0 fully saturated rings. The number of benzene rings is 2. The molecule has 0 atom stereocenters. The fraction of sp³-hybridized carbons (Fsp3) is 0.136. The number of fused-ring (bicyclic) bond motifs is 1. The second-order valence-corrected chi connectivity index (χ2v) is 9.22. The normalized spacial score (nSPS) is 11.6. The maximum absolute atomic E-state index is 13.2. The monoisotopic (exact) mass is 436 g/mol. The Kier molecular flexibility index (Phi) is 4.98. The maximum Gasteiger partial charge on any atom is 0.287 e. The highest BCUT2D eigenvalue weighted by molar-refractivity contribution is 7.90. The van der Waals surface area contributed by atoms with Crippen molar-refractivity contribution < 1.29 is 13.2 Å². The zero-order valence-corrected chi connectivity index (χ0v) is 17.9. The first-order valence-electron chi connectivity index (χ1n) is 9.46. The van der Waals surface area contributed by atoms with Gasteiger partial charge in [0, 0.05) is 17.5 Å². The molecule has 4 aromatic rings. The molecule has 31 heavy (non-hydrogen) atoms. The van der Waals surface area contributed by atoms with Crippen LogP contribution in [0.4, 0.5) is 5.69 Å². The fourth-order valence-corrected chi connectivity index (χ4v) is 4.44. The van der Waals surface area contributed by atoms with Gasteiger partial charge < -0.3 is 10.3 Å². The van der Waals surface area contributed by atoms with Crippen LogP contribution in [0.15, 0.2) is 64.3 Å². The molecule has 158 valence electrons. The van der Waals surface area contributed by atoms with E-state index in [1.807, 2.05) is 30.3 Å². The molecule has 0 aliphatic heterocycles. The Morgan fingerprint density at radius 1 is 1.03 bits per heavy atom. The van der Waals surface area contributed by atoms with E-state index >= 15 is 0 Å². The van der Waals surface area contributed by atoms with Crippen molar-refractivity contribution in [2.75, 3.05) is 11.6 Å². The fourth-order valence-electron chi connectivity index (χ4n) is 3.59. The summed E-state index contributed by atoms with van der Waals surface area (Å²) in [7, 11) is -3.57. The van der Waals surface area contributed by atoms with Crippen molar-refractivity contribution in [3.63, 3.8) is 0 Å². The SMILES string of the molecule is Cc1nn2c(=O)c(C(=O)Nc3ccccc3S(C)(=O)=O)c(C)[nH]c2c1-c1ccccc1. The van der Waals surface area contributed by atoms with Gasteiger partial charge in [-0.1, -0.05) is 42.5 Å². The number of hydrogen-bond acceptors (Lipinski definition) is 5. The lowest BCUT2D eigenvalue weighted by molar-refractivity contribution is 0.102. The van der Waals surface area contributed by atoms with Crippen molar-refractivity contribution in [2.24, 2.45) is 0 Å². The zero-order chi connectivity index (χ0) is 22.3. The molecule has 0 unspecified atom stereocenters. The van der Waals surface area contributed by atoms with Gasteiger partial charge in [0.15, 0.2) is 9.84 Å². The lowest BCUT2D eigenvalue weighted by Crippen LogP contribution is -2.29. The van der Waals surface area contributed by atoms with Crippen LogP contribution in [0.5, 0.6) is 0 Å². The molecule has 0 spiro atoms. The highest BCUT2D eigenvalue weighted by Crippen LogP contribution is 2.27. The quantitative estimate of drug-likeness (QED) is 0.511. The number of nitrogens with one attached hydrogen (secondary N) is 2. The number of nitrogens with zero attached hydrogens (tertiary/aromatic N) is 2. The van der Waals surface area contributed by atoms with Crippen molar-refractivity contribution in [3.8, 4) is 11.1 Å². The van der Waals surface area contributed by atoms with Gasteiger partial charge in [-0.3, -0.25) is 9.59 Å².